The quantitative estimate of drug-likeness (QED) is 0.221. The number of ether oxygens (including phenoxy) is 4. The van der Waals surface area contributed by atoms with E-state index in [0.717, 1.165) is 14.0 Å². The van der Waals surface area contributed by atoms with Crippen LogP contribution in [-0.2, 0) is 28.5 Å². The van der Waals surface area contributed by atoms with Gasteiger partial charge in [0.05, 0.1) is 6.61 Å². The molecular formula is C15H25NO12. The maximum Gasteiger partial charge on any atom is 0.335 e. The zero-order valence-corrected chi connectivity index (χ0v) is 15.1. The molecule has 0 aromatic rings. The molecule has 0 aromatic carbocycles. The minimum atomic E-state index is -1.78. The molecule has 162 valence electrons. The van der Waals surface area contributed by atoms with Crippen LogP contribution in [0.3, 0.4) is 0 Å². The van der Waals surface area contributed by atoms with E-state index in [9.17, 15) is 40.2 Å². The Balaban J connectivity index is 2.26. The van der Waals surface area contributed by atoms with Crippen molar-refractivity contribution in [2.24, 2.45) is 0 Å². The normalized spacial score (nSPS) is 44.1. The highest BCUT2D eigenvalue weighted by molar-refractivity contribution is 5.73. The van der Waals surface area contributed by atoms with E-state index in [1.165, 1.54) is 0 Å². The summed E-state index contributed by atoms with van der Waals surface area (Å²) in [6, 6.07) is -1.34. The maximum atomic E-state index is 11.4. The van der Waals surface area contributed by atoms with E-state index >= 15 is 0 Å². The van der Waals surface area contributed by atoms with Crippen LogP contribution >= 0.6 is 0 Å². The molecule has 13 nitrogen and oxygen atoms in total. The molecular weight excluding hydrogens is 386 g/mol. The number of carboxylic acids is 1. The van der Waals surface area contributed by atoms with Gasteiger partial charge < -0.3 is 54.9 Å². The van der Waals surface area contributed by atoms with Crippen LogP contribution in [0.4, 0.5) is 0 Å². The van der Waals surface area contributed by atoms with E-state index in [1.54, 1.807) is 0 Å². The number of carboxylic acid groups (broad SMARTS) is 1. The third kappa shape index (κ3) is 4.59. The minimum Gasteiger partial charge on any atom is -0.479 e. The van der Waals surface area contributed by atoms with Gasteiger partial charge >= 0.3 is 5.97 Å². The predicted molar refractivity (Wildman–Crippen MR) is 85.6 cm³/mol. The Kier molecular flexibility index (Phi) is 7.66. The monoisotopic (exact) mass is 411 g/mol. The molecule has 2 saturated heterocycles. The molecule has 0 aromatic heterocycles. The number of methoxy groups -OCH3 is 1. The lowest BCUT2D eigenvalue weighted by atomic mass is 9.95. The van der Waals surface area contributed by atoms with Gasteiger partial charge in [-0.15, -0.1) is 0 Å². The van der Waals surface area contributed by atoms with Crippen LogP contribution in [0.25, 0.3) is 0 Å². The Hall–Kier alpha value is -1.42. The minimum absolute atomic E-state index is 0.607. The van der Waals surface area contributed by atoms with Gasteiger partial charge in [0.25, 0.3) is 0 Å². The van der Waals surface area contributed by atoms with Gasteiger partial charge in [0, 0.05) is 14.0 Å². The molecule has 0 radical (unpaired) electrons. The first-order valence-corrected chi connectivity index (χ1v) is 8.44. The predicted octanol–water partition coefficient (Wildman–Crippen LogP) is -4.51. The molecule has 13 heteroatoms. The Morgan fingerprint density at radius 3 is 2.18 bits per heavy atom. The topological polar surface area (TPSA) is 204 Å². The summed E-state index contributed by atoms with van der Waals surface area (Å²) in [4.78, 5) is 22.8. The molecule has 2 fully saturated rings. The fourth-order valence-corrected chi connectivity index (χ4v) is 3.20. The van der Waals surface area contributed by atoms with Crippen molar-refractivity contribution >= 4 is 11.9 Å². The van der Waals surface area contributed by atoms with Gasteiger partial charge in [-0.25, -0.2) is 4.79 Å². The van der Waals surface area contributed by atoms with E-state index in [-0.39, 0.29) is 0 Å². The molecule has 10 atom stereocenters. The van der Waals surface area contributed by atoms with Crippen molar-refractivity contribution in [1.29, 1.82) is 0 Å². The van der Waals surface area contributed by atoms with Crippen LogP contribution < -0.4 is 5.32 Å². The van der Waals surface area contributed by atoms with Crippen molar-refractivity contribution in [3.63, 3.8) is 0 Å². The van der Waals surface area contributed by atoms with Crippen molar-refractivity contribution < 1.29 is 59.2 Å². The fourth-order valence-electron chi connectivity index (χ4n) is 3.20. The average molecular weight is 411 g/mol. The van der Waals surface area contributed by atoms with Crippen molar-refractivity contribution in [3.05, 3.63) is 0 Å². The molecule has 0 bridgehead atoms. The summed E-state index contributed by atoms with van der Waals surface area (Å²) >= 11 is 0. The fraction of sp³-hybridized carbons (Fsp3) is 0.867. The maximum absolute atomic E-state index is 11.4. The largest absolute Gasteiger partial charge is 0.479 e. The van der Waals surface area contributed by atoms with Crippen molar-refractivity contribution in [1.82, 2.24) is 5.32 Å². The molecule has 2 heterocycles. The number of aliphatic hydroxyl groups excluding tert-OH is 5. The summed E-state index contributed by atoms with van der Waals surface area (Å²) in [7, 11) is 1.12. The Morgan fingerprint density at radius 2 is 1.68 bits per heavy atom. The van der Waals surface area contributed by atoms with Gasteiger partial charge in [0.1, 0.15) is 42.7 Å². The van der Waals surface area contributed by atoms with Crippen LogP contribution in [0.15, 0.2) is 0 Å². The molecule has 2 aliphatic rings. The number of hydrogen-bond donors (Lipinski definition) is 7. The lowest BCUT2D eigenvalue weighted by Gasteiger charge is -2.46. The molecule has 1 amide bonds. The second-order valence-corrected chi connectivity index (χ2v) is 6.51. The van der Waals surface area contributed by atoms with E-state index in [0.29, 0.717) is 0 Å². The van der Waals surface area contributed by atoms with Crippen LogP contribution in [0.5, 0.6) is 0 Å². The highest BCUT2D eigenvalue weighted by Gasteiger charge is 2.52. The molecule has 0 spiro atoms. The van der Waals surface area contributed by atoms with Gasteiger partial charge in [-0.3, -0.25) is 4.79 Å². The number of hydrogen-bond acceptors (Lipinski definition) is 11. The molecule has 2 aliphatic heterocycles. The molecule has 7 N–H and O–H groups in total. The van der Waals surface area contributed by atoms with Crippen molar-refractivity contribution in [2.45, 2.75) is 68.3 Å². The lowest BCUT2D eigenvalue weighted by molar-refractivity contribution is -0.338. The summed E-state index contributed by atoms with van der Waals surface area (Å²) in [6.07, 6.45) is -14.4. The molecule has 2 rings (SSSR count). The summed E-state index contributed by atoms with van der Waals surface area (Å²) in [6.45, 7) is 0.429. The molecule has 4 unspecified atom stereocenters. The Bertz CT molecular complexity index is 561. The van der Waals surface area contributed by atoms with Gasteiger partial charge in [0.2, 0.25) is 5.91 Å². The number of nitrogens with one attached hydrogen (secondary N) is 1. The first-order valence-electron chi connectivity index (χ1n) is 8.44. The SMILES string of the molecule is CO[C@@H]1C(C(=O)O)OC(O[C@H]2[C@H](O)C(CO)OC(O)[C@H]2NC(C)=O)[C@@H](O)[C@H]1O. The average Bonchev–Trinajstić information content (AvgIpc) is 2.63. The number of aliphatic hydroxyl groups is 5. The molecule has 0 aliphatic carbocycles. The highest BCUT2D eigenvalue weighted by atomic mass is 16.7. The van der Waals surface area contributed by atoms with Crippen LogP contribution in [0.2, 0.25) is 0 Å². The van der Waals surface area contributed by atoms with E-state index < -0.39 is 79.8 Å². The van der Waals surface area contributed by atoms with E-state index in [2.05, 4.69) is 5.32 Å². The standard InChI is InChI=1S/C15H25NO12/c1-4(18)16-6-10(7(19)5(3-17)26-14(6)24)27-15-9(21)8(20)11(25-2)12(28-15)13(22)23/h5-12,14-15,17,19-21,24H,3H2,1-2H3,(H,16,18)(H,22,23)/t5?,6-,7+,8+,9-,10+,11-,12?,14?,15?/m0/s1. The van der Waals surface area contributed by atoms with E-state index in [4.69, 9.17) is 18.9 Å². The molecule has 28 heavy (non-hydrogen) atoms. The van der Waals surface area contributed by atoms with Crippen LogP contribution in [0, 0.1) is 0 Å². The van der Waals surface area contributed by atoms with Gasteiger partial charge in [-0.05, 0) is 0 Å². The van der Waals surface area contributed by atoms with Gasteiger partial charge in [-0.2, -0.15) is 0 Å². The number of carbonyl (C=O) groups is 2. The van der Waals surface area contributed by atoms with E-state index in [1.807, 2.05) is 0 Å². The number of rotatable bonds is 6. The third-order valence-corrected chi connectivity index (χ3v) is 4.59. The van der Waals surface area contributed by atoms with Crippen LogP contribution in [0.1, 0.15) is 6.92 Å². The number of carbonyl (C=O) groups excluding carboxylic acids is 1. The zero-order valence-electron chi connectivity index (χ0n) is 15.1. The second-order valence-electron chi connectivity index (χ2n) is 6.51. The summed E-state index contributed by atoms with van der Waals surface area (Å²) in [5.41, 5.74) is 0. The van der Waals surface area contributed by atoms with Gasteiger partial charge in [0.15, 0.2) is 18.7 Å². The summed E-state index contributed by atoms with van der Waals surface area (Å²) in [5, 5.41) is 61.7. The smallest absolute Gasteiger partial charge is 0.335 e. The van der Waals surface area contributed by atoms with Gasteiger partial charge in [-0.1, -0.05) is 0 Å². The first kappa shape index (κ1) is 22.9. The summed E-state index contributed by atoms with van der Waals surface area (Å²) in [5.74, 6) is -2.10. The van der Waals surface area contributed by atoms with Crippen molar-refractivity contribution in [3.8, 4) is 0 Å². The zero-order chi connectivity index (χ0) is 21.2. The lowest BCUT2D eigenvalue weighted by Crippen LogP contribution is -2.68. The third-order valence-electron chi connectivity index (χ3n) is 4.59. The summed E-state index contributed by atoms with van der Waals surface area (Å²) < 4.78 is 20.5. The number of aliphatic carboxylic acids is 1. The van der Waals surface area contributed by atoms with Crippen LogP contribution in [-0.4, -0.2) is 118 Å². The Morgan fingerprint density at radius 1 is 1.04 bits per heavy atom. The number of amides is 1. The Labute approximate surface area is 159 Å². The highest BCUT2D eigenvalue weighted by Crippen LogP contribution is 2.29. The molecule has 0 saturated carbocycles. The second kappa shape index (κ2) is 9.39. The first-order chi connectivity index (χ1) is 13.1. The van der Waals surface area contributed by atoms with Crippen molar-refractivity contribution in [2.75, 3.05) is 13.7 Å².